The topological polar surface area (TPSA) is 84.9 Å². The second-order valence-corrected chi connectivity index (χ2v) is 8.30. The molecule has 0 aromatic heterocycles. The number of sulfonamides is 1. The van der Waals surface area contributed by atoms with E-state index < -0.39 is 10.0 Å². The molecule has 0 saturated heterocycles. The molecule has 2 aromatic rings. The number of ether oxygens (including phenoxy) is 2. The summed E-state index contributed by atoms with van der Waals surface area (Å²) in [5, 5.41) is 2.72. The highest BCUT2D eigenvalue weighted by Crippen LogP contribution is 2.30. The number of hydrogen-bond donors (Lipinski definition) is 1. The summed E-state index contributed by atoms with van der Waals surface area (Å²) >= 11 is 0. The molecule has 144 valence electrons. The molecule has 1 amide bonds. The Kier molecular flexibility index (Phi) is 5.98. The summed E-state index contributed by atoms with van der Waals surface area (Å²) in [6.07, 6.45) is 0.766. The monoisotopic (exact) mass is 390 g/mol. The van der Waals surface area contributed by atoms with Gasteiger partial charge in [-0.25, -0.2) is 8.42 Å². The van der Waals surface area contributed by atoms with Crippen LogP contribution in [-0.4, -0.2) is 50.7 Å². The van der Waals surface area contributed by atoms with E-state index in [2.05, 4.69) is 5.32 Å². The smallest absolute Gasteiger partial charge is 0.235 e. The maximum absolute atomic E-state index is 12.3. The molecule has 1 N–H and O–H groups in total. The van der Waals surface area contributed by atoms with Crippen LogP contribution in [0, 0.1) is 0 Å². The Morgan fingerprint density at radius 2 is 1.78 bits per heavy atom. The summed E-state index contributed by atoms with van der Waals surface area (Å²) in [5.74, 6) is 0.912. The molecule has 2 aromatic carbocycles. The lowest BCUT2D eigenvalue weighted by molar-refractivity contribution is -0.121. The number of rotatable bonds is 7. The first-order valence-corrected chi connectivity index (χ1v) is 10.4. The van der Waals surface area contributed by atoms with Gasteiger partial charge in [0.25, 0.3) is 0 Å². The standard InChI is InChI=1S/C19H22N2O5S/c1-27(23,24)21(12-15-7-3-2-4-8-15)13-19(22)20-11-16-14-25-17-9-5-6-10-18(17)26-16/h2-10,16H,11-14H2,1H3,(H,20,22)/t16-/m1/s1. The third kappa shape index (κ3) is 5.45. The van der Waals surface area contributed by atoms with Crippen LogP contribution in [0.1, 0.15) is 5.56 Å². The van der Waals surface area contributed by atoms with Gasteiger partial charge < -0.3 is 14.8 Å². The molecule has 7 nitrogen and oxygen atoms in total. The number of hydrogen-bond acceptors (Lipinski definition) is 5. The van der Waals surface area contributed by atoms with Gasteiger partial charge in [-0.05, 0) is 17.7 Å². The number of carbonyl (C=O) groups excluding carboxylic acids is 1. The Morgan fingerprint density at radius 3 is 2.48 bits per heavy atom. The van der Waals surface area contributed by atoms with Gasteiger partial charge in [0.1, 0.15) is 12.7 Å². The average molecular weight is 390 g/mol. The molecule has 1 aliphatic heterocycles. The first-order valence-electron chi connectivity index (χ1n) is 8.56. The van der Waals surface area contributed by atoms with E-state index in [-0.39, 0.29) is 31.6 Å². The molecule has 0 bridgehead atoms. The molecular formula is C19H22N2O5S. The summed E-state index contributed by atoms with van der Waals surface area (Å²) in [6.45, 7) is 0.439. The van der Waals surface area contributed by atoms with Crippen molar-refractivity contribution in [3.8, 4) is 11.5 Å². The van der Waals surface area contributed by atoms with Crippen LogP contribution in [0.2, 0.25) is 0 Å². The minimum Gasteiger partial charge on any atom is -0.486 e. The van der Waals surface area contributed by atoms with Gasteiger partial charge in [-0.1, -0.05) is 42.5 Å². The first kappa shape index (κ1) is 19.2. The van der Waals surface area contributed by atoms with Crippen molar-refractivity contribution >= 4 is 15.9 Å². The van der Waals surface area contributed by atoms with E-state index in [4.69, 9.17) is 9.47 Å². The molecule has 27 heavy (non-hydrogen) atoms. The van der Waals surface area contributed by atoms with Crippen LogP contribution in [0.3, 0.4) is 0 Å². The van der Waals surface area contributed by atoms with Crippen molar-refractivity contribution in [3.63, 3.8) is 0 Å². The molecular weight excluding hydrogens is 368 g/mol. The molecule has 0 unspecified atom stereocenters. The predicted octanol–water partition coefficient (Wildman–Crippen LogP) is 1.40. The van der Waals surface area contributed by atoms with E-state index >= 15 is 0 Å². The molecule has 8 heteroatoms. The van der Waals surface area contributed by atoms with Crippen LogP contribution in [0.15, 0.2) is 54.6 Å². The van der Waals surface area contributed by atoms with Crippen molar-refractivity contribution in [2.24, 2.45) is 0 Å². The van der Waals surface area contributed by atoms with Gasteiger partial charge in [-0.3, -0.25) is 4.79 Å². The molecule has 0 spiro atoms. The molecule has 0 radical (unpaired) electrons. The van der Waals surface area contributed by atoms with Crippen molar-refractivity contribution in [1.82, 2.24) is 9.62 Å². The lowest BCUT2D eigenvalue weighted by Gasteiger charge is -2.27. The van der Waals surface area contributed by atoms with Gasteiger partial charge in [0.2, 0.25) is 15.9 Å². The van der Waals surface area contributed by atoms with Gasteiger partial charge in [0, 0.05) is 6.54 Å². The van der Waals surface area contributed by atoms with Crippen molar-refractivity contribution in [1.29, 1.82) is 0 Å². The summed E-state index contributed by atoms with van der Waals surface area (Å²) in [5.41, 5.74) is 0.816. The van der Waals surface area contributed by atoms with E-state index in [1.54, 1.807) is 6.07 Å². The van der Waals surface area contributed by atoms with Crippen LogP contribution in [-0.2, 0) is 21.4 Å². The quantitative estimate of drug-likeness (QED) is 0.773. The average Bonchev–Trinajstić information content (AvgIpc) is 2.66. The SMILES string of the molecule is CS(=O)(=O)N(CC(=O)NC[C@@H]1COc2ccccc2O1)Cc1ccccc1. The van der Waals surface area contributed by atoms with Crippen LogP contribution in [0.4, 0.5) is 0 Å². The van der Waals surface area contributed by atoms with Gasteiger partial charge in [-0.15, -0.1) is 0 Å². The van der Waals surface area contributed by atoms with Crippen molar-refractivity contribution in [3.05, 3.63) is 60.2 Å². The number of para-hydroxylation sites is 2. The largest absolute Gasteiger partial charge is 0.486 e. The normalized spacial score (nSPS) is 16.1. The number of amides is 1. The number of benzene rings is 2. The lowest BCUT2D eigenvalue weighted by atomic mass is 10.2. The fourth-order valence-corrected chi connectivity index (χ4v) is 3.42. The number of carbonyl (C=O) groups is 1. The van der Waals surface area contributed by atoms with Gasteiger partial charge in [0.15, 0.2) is 11.5 Å². The number of nitrogens with one attached hydrogen (secondary N) is 1. The highest BCUT2D eigenvalue weighted by Gasteiger charge is 2.23. The Hall–Kier alpha value is -2.58. The summed E-state index contributed by atoms with van der Waals surface area (Å²) in [6, 6.07) is 16.5. The van der Waals surface area contributed by atoms with Crippen molar-refractivity contribution < 1.29 is 22.7 Å². The van der Waals surface area contributed by atoms with Crippen LogP contribution < -0.4 is 14.8 Å². The summed E-state index contributed by atoms with van der Waals surface area (Å²) < 4.78 is 36.6. The zero-order chi connectivity index (χ0) is 19.3. The Labute approximate surface area is 158 Å². The van der Waals surface area contributed by atoms with Crippen molar-refractivity contribution in [2.45, 2.75) is 12.6 Å². The molecule has 0 saturated carbocycles. The molecule has 0 fully saturated rings. The van der Waals surface area contributed by atoms with E-state index in [0.29, 0.717) is 18.1 Å². The Morgan fingerprint density at radius 1 is 1.11 bits per heavy atom. The Bertz CT molecular complexity index is 886. The zero-order valence-electron chi connectivity index (χ0n) is 15.0. The third-order valence-corrected chi connectivity index (χ3v) is 5.28. The first-order chi connectivity index (χ1) is 12.9. The molecule has 1 heterocycles. The minimum atomic E-state index is -3.52. The Balaban J connectivity index is 1.54. The van der Waals surface area contributed by atoms with Crippen molar-refractivity contribution in [2.75, 3.05) is 26.0 Å². The number of nitrogens with zero attached hydrogens (tertiary/aromatic N) is 1. The van der Waals surface area contributed by atoms with Crippen LogP contribution >= 0.6 is 0 Å². The van der Waals surface area contributed by atoms with E-state index in [1.165, 1.54) is 0 Å². The van der Waals surface area contributed by atoms with Crippen LogP contribution in [0.5, 0.6) is 11.5 Å². The van der Waals surface area contributed by atoms with Gasteiger partial charge in [0.05, 0.1) is 19.3 Å². The van der Waals surface area contributed by atoms with Crippen LogP contribution in [0.25, 0.3) is 0 Å². The molecule has 1 aliphatic rings. The summed E-state index contributed by atoms with van der Waals surface area (Å²) in [7, 11) is -3.52. The van der Waals surface area contributed by atoms with E-state index in [1.807, 2.05) is 48.5 Å². The predicted molar refractivity (Wildman–Crippen MR) is 101 cm³/mol. The molecule has 3 rings (SSSR count). The fraction of sp³-hybridized carbons (Fsp3) is 0.316. The molecule has 0 aliphatic carbocycles. The lowest BCUT2D eigenvalue weighted by Crippen LogP contribution is -2.45. The maximum Gasteiger partial charge on any atom is 0.235 e. The summed E-state index contributed by atoms with van der Waals surface area (Å²) in [4.78, 5) is 12.3. The second-order valence-electron chi connectivity index (χ2n) is 6.32. The van der Waals surface area contributed by atoms with Gasteiger partial charge >= 0.3 is 0 Å². The van der Waals surface area contributed by atoms with E-state index in [9.17, 15) is 13.2 Å². The third-order valence-electron chi connectivity index (χ3n) is 4.09. The highest BCUT2D eigenvalue weighted by atomic mass is 32.2. The minimum absolute atomic E-state index is 0.142. The maximum atomic E-state index is 12.3. The zero-order valence-corrected chi connectivity index (χ0v) is 15.8. The highest BCUT2D eigenvalue weighted by molar-refractivity contribution is 7.88. The van der Waals surface area contributed by atoms with E-state index in [0.717, 1.165) is 16.1 Å². The number of fused-ring (bicyclic) bond motifs is 1. The molecule has 1 atom stereocenters. The second kappa shape index (κ2) is 8.41. The fourth-order valence-electron chi connectivity index (χ4n) is 2.68. The van der Waals surface area contributed by atoms with Gasteiger partial charge in [-0.2, -0.15) is 4.31 Å².